The third-order valence-electron chi connectivity index (χ3n) is 2.30. The maximum absolute atomic E-state index is 10.5. The van der Waals surface area contributed by atoms with Crippen LogP contribution in [0.2, 0.25) is 5.02 Å². The number of rotatable bonds is 5. The van der Waals surface area contributed by atoms with Gasteiger partial charge in [0.1, 0.15) is 0 Å². The molecule has 6 nitrogen and oxygen atoms in total. The average Bonchev–Trinajstić information content (AvgIpc) is 2.31. The van der Waals surface area contributed by atoms with Gasteiger partial charge in [-0.25, -0.2) is 0 Å². The molecule has 1 rings (SSSR count). The van der Waals surface area contributed by atoms with Crippen molar-refractivity contribution < 1.29 is 15.1 Å². The highest BCUT2D eigenvalue weighted by Gasteiger charge is 2.23. The second kappa shape index (κ2) is 5.31. The van der Waals surface area contributed by atoms with Crippen molar-refractivity contribution >= 4 is 23.0 Å². The van der Waals surface area contributed by atoms with Gasteiger partial charge < -0.3 is 15.5 Å². The molecule has 0 amide bonds. The zero-order valence-electron chi connectivity index (χ0n) is 9.18. The molecular weight excluding hydrogens is 248 g/mol. The van der Waals surface area contributed by atoms with Crippen molar-refractivity contribution in [3.05, 3.63) is 33.3 Å². The SMILES string of the molecule is CC(CO)(CO)Nc1ccc([N+](=O)[O-])cc1Cl. The summed E-state index contributed by atoms with van der Waals surface area (Å²) in [4.78, 5) is 9.96. The van der Waals surface area contributed by atoms with Crippen LogP contribution in [0.4, 0.5) is 11.4 Å². The third-order valence-corrected chi connectivity index (χ3v) is 2.61. The van der Waals surface area contributed by atoms with Crippen molar-refractivity contribution in [2.75, 3.05) is 18.5 Å². The number of hydrogen-bond acceptors (Lipinski definition) is 5. The number of non-ortho nitro benzene ring substituents is 1. The fourth-order valence-corrected chi connectivity index (χ4v) is 1.40. The summed E-state index contributed by atoms with van der Waals surface area (Å²) >= 11 is 5.86. The Labute approximate surface area is 103 Å². The Balaban J connectivity index is 2.97. The quantitative estimate of drug-likeness (QED) is 0.549. The summed E-state index contributed by atoms with van der Waals surface area (Å²) in [5.41, 5.74) is -0.627. The molecule has 94 valence electrons. The average molecular weight is 261 g/mol. The van der Waals surface area contributed by atoms with Crippen molar-refractivity contribution in [2.24, 2.45) is 0 Å². The molecule has 0 atom stereocenters. The zero-order valence-corrected chi connectivity index (χ0v) is 9.94. The standard InChI is InChI=1S/C10H13ClN2O4/c1-10(5-14,6-15)12-9-3-2-7(13(16)17)4-8(9)11/h2-4,12,14-15H,5-6H2,1H3. The summed E-state index contributed by atoms with van der Waals surface area (Å²) < 4.78 is 0. The molecule has 0 aliphatic rings. The van der Waals surface area contributed by atoms with E-state index in [1.54, 1.807) is 6.92 Å². The molecule has 0 spiro atoms. The smallest absolute Gasteiger partial charge is 0.271 e. The van der Waals surface area contributed by atoms with Gasteiger partial charge in [-0.15, -0.1) is 0 Å². The molecule has 0 aliphatic carbocycles. The first-order chi connectivity index (χ1) is 7.91. The zero-order chi connectivity index (χ0) is 13.1. The van der Waals surface area contributed by atoms with Crippen molar-refractivity contribution in [3.8, 4) is 0 Å². The maximum atomic E-state index is 10.5. The summed E-state index contributed by atoms with van der Waals surface area (Å²) in [5, 5.41) is 31.7. The molecule has 0 aromatic heterocycles. The molecule has 0 fully saturated rings. The lowest BCUT2D eigenvalue weighted by Crippen LogP contribution is -2.42. The van der Waals surface area contributed by atoms with Gasteiger partial charge >= 0.3 is 0 Å². The van der Waals surface area contributed by atoms with Crippen LogP contribution in [-0.2, 0) is 0 Å². The molecule has 0 saturated carbocycles. The van der Waals surface area contributed by atoms with Crippen LogP contribution in [0, 0.1) is 10.1 Å². The highest BCUT2D eigenvalue weighted by atomic mass is 35.5. The number of anilines is 1. The Bertz CT molecular complexity index is 421. The third kappa shape index (κ3) is 3.29. The fourth-order valence-electron chi connectivity index (χ4n) is 1.17. The van der Waals surface area contributed by atoms with Gasteiger partial charge in [0, 0.05) is 12.1 Å². The van der Waals surface area contributed by atoms with Crippen LogP contribution in [0.15, 0.2) is 18.2 Å². The fraction of sp³-hybridized carbons (Fsp3) is 0.400. The van der Waals surface area contributed by atoms with E-state index in [2.05, 4.69) is 5.32 Å². The van der Waals surface area contributed by atoms with Crippen LogP contribution >= 0.6 is 11.6 Å². The summed E-state index contributed by atoms with van der Waals surface area (Å²) in [6, 6.07) is 3.94. The first kappa shape index (κ1) is 13.7. The first-order valence-corrected chi connectivity index (χ1v) is 5.23. The lowest BCUT2D eigenvalue weighted by Gasteiger charge is -2.27. The van der Waals surface area contributed by atoms with E-state index in [0.29, 0.717) is 5.69 Å². The van der Waals surface area contributed by atoms with Crippen molar-refractivity contribution in [1.82, 2.24) is 0 Å². The van der Waals surface area contributed by atoms with Crippen LogP contribution in [-0.4, -0.2) is 33.9 Å². The minimum atomic E-state index is -0.931. The predicted octanol–water partition coefficient (Wildman–Crippen LogP) is 1.40. The van der Waals surface area contributed by atoms with E-state index < -0.39 is 10.5 Å². The Morgan fingerprint density at radius 1 is 1.47 bits per heavy atom. The van der Waals surface area contributed by atoms with Gasteiger partial charge in [0.15, 0.2) is 0 Å². The van der Waals surface area contributed by atoms with Crippen LogP contribution in [0.1, 0.15) is 6.92 Å². The van der Waals surface area contributed by atoms with Crippen molar-refractivity contribution in [1.29, 1.82) is 0 Å². The predicted molar refractivity (Wildman–Crippen MR) is 64.3 cm³/mol. The minimum Gasteiger partial charge on any atom is -0.394 e. The summed E-state index contributed by atoms with van der Waals surface area (Å²) in [5.74, 6) is 0. The Morgan fingerprint density at radius 2 is 2.06 bits per heavy atom. The number of aliphatic hydroxyl groups is 2. The number of nitro benzene ring substituents is 1. The molecule has 0 bridgehead atoms. The van der Waals surface area contributed by atoms with Crippen molar-refractivity contribution in [3.63, 3.8) is 0 Å². The highest BCUT2D eigenvalue weighted by Crippen LogP contribution is 2.28. The van der Waals surface area contributed by atoms with Crippen LogP contribution in [0.25, 0.3) is 0 Å². The Kier molecular flexibility index (Phi) is 4.28. The number of benzene rings is 1. The maximum Gasteiger partial charge on any atom is 0.271 e. The highest BCUT2D eigenvalue weighted by molar-refractivity contribution is 6.33. The lowest BCUT2D eigenvalue weighted by molar-refractivity contribution is -0.384. The Morgan fingerprint density at radius 3 is 2.47 bits per heavy atom. The number of halogens is 1. The van der Waals surface area contributed by atoms with Gasteiger partial charge in [0.05, 0.1) is 34.4 Å². The molecule has 0 unspecified atom stereocenters. The normalized spacial score (nSPS) is 11.3. The van der Waals surface area contributed by atoms with E-state index in [9.17, 15) is 10.1 Å². The molecule has 3 N–H and O–H groups in total. The second-order valence-corrected chi connectivity index (χ2v) is 4.33. The summed E-state index contributed by atoms with van der Waals surface area (Å²) in [7, 11) is 0. The van der Waals surface area contributed by atoms with Gasteiger partial charge in [-0.1, -0.05) is 11.6 Å². The van der Waals surface area contributed by atoms with Gasteiger partial charge in [-0.3, -0.25) is 10.1 Å². The molecule has 1 aromatic carbocycles. The van der Waals surface area contributed by atoms with Crippen molar-refractivity contribution in [2.45, 2.75) is 12.5 Å². The first-order valence-electron chi connectivity index (χ1n) is 4.86. The number of nitrogens with zero attached hydrogens (tertiary/aromatic N) is 1. The molecule has 0 aliphatic heterocycles. The van der Waals surface area contributed by atoms with Crippen LogP contribution in [0.5, 0.6) is 0 Å². The van der Waals surface area contributed by atoms with Gasteiger partial charge in [-0.05, 0) is 13.0 Å². The molecular formula is C10H13ClN2O4. The molecule has 0 saturated heterocycles. The van der Waals surface area contributed by atoms with E-state index in [1.807, 2.05) is 0 Å². The topological polar surface area (TPSA) is 95.6 Å². The van der Waals surface area contributed by atoms with Crippen LogP contribution < -0.4 is 5.32 Å². The molecule has 0 heterocycles. The van der Waals surface area contributed by atoms with E-state index in [4.69, 9.17) is 21.8 Å². The van der Waals surface area contributed by atoms with Gasteiger partial charge in [-0.2, -0.15) is 0 Å². The Hall–Kier alpha value is -1.37. The summed E-state index contributed by atoms with van der Waals surface area (Å²) in [6.07, 6.45) is 0. The second-order valence-electron chi connectivity index (χ2n) is 3.92. The molecule has 1 aromatic rings. The van der Waals surface area contributed by atoms with Gasteiger partial charge in [0.2, 0.25) is 0 Å². The van der Waals surface area contributed by atoms with Crippen LogP contribution in [0.3, 0.4) is 0 Å². The molecule has 7 heteroatoms. The van der Waals surface area contributed by atoms with Gasteiger partial charge in [0.25, 0.3) is 5.69 Å². The number of aliphatic hydroxyl groups excluding tert-OH is 2. The number of nitrogens with one attached hydrogen (secondary N) is 1. The van der Waals surface area contributed by atoms with E-state index in [-0.39, 0.29) is 23.9 Å². The number of nitro groups is 1. The lowest BCUT2D eigenvalue weighted by atomic mass is 10.0. The minimum absolute atomic E-state index is 0.116. The molecule has 17 heavy (non-hydrogen) atoms. The van der Waals surface area contributed by atoms with E-state index in [0.717, 1.165) is 0 Å². The summed E-state index contributed by atoms with van der Waals surface area (Å²) in [6.45, 7) is 1.01. The van der Waals surface area contributed by atoms with E-state index >= 15 is 0 Å². The number of hydrogen-bond donors (Lipinski definition) is 3. The molecule has 0 radical (unpaired) electrons. The largest absolute Gasteiger partial charge is 0.394 e. The van der Waals surface area contributed by atoms with E-state index in [1.165, 1.54) is 18.2 Å². The monoisotopic (exact) mass is 260 g/mol.